The van der Waals surface area contributed by atoms with Crippen molar-refractivity contribution in [2.75, 3.05) is 38.3 Å². The Kier molecular flexibility index (Phi) is 14.7. The summed E-state index contributed by atoms with van der Waals surface area (Å²) >= 11 is 3.30. The van der Waals surface area contributed by atoms with Gasteiger partial charge in [-0.05, 0) is 77.4 Å². The number of azo groups is 1. The number of nitro groups is 1. The van der Waals surface area contributed by atoms with E-state index in [1.807, 2.05) is 19.1 Å². The highest BCUT2D eigenvalue weighted by molar-refractivity contribution is 9.10. The number of carbonyl (C=O) groups is 1. The van der Waals surface area contributed by atoms with Gasteiger partial charge in [-0.25, -0.2) is 0 Å². The number of non-ortho nitro benzene ring substituents is 1. The van der Waals surface area contributed by atoms with Gasteiger partial charge in [0.05, 0.1) is 33.4 Å². The summed E-state index contributed by atoms with van der Waals surface area (Å²) in [5.41, 5.74) is 7.30. The number of unbranched alkanes of at least 4 members (excludes halogenated alkanes) is 2. The molecule has 0 bridgehead atoms. The van der Waals surface area contributed by atoms with Crippen molar-refractivity contribution in [1.82, 2.24) is 0 Å². The molecule has 0 aromatic heterocycles. The molecule has 1 unspecified atom stereocenters. The molecule has 0 saturated heterocycles. The predicted octanol–water partition coefficient (Wildman–Crippen LogP) is 6.47. The number of hydrogen-bond donors (Lipinski definition) is 3. The number of halogens is 1. The number of anilines is 1. The van der Waals surface area contributed by atoms with Crippen molar-refractivity contribution in [3.8, 4) is 11.8 Å². The molecule has 2 aromatic carbocycles. The molecule has 0 saturated carbocycles. The molecule has 0 aliphatic heterocycles. The highest BCUT2D eigenvalue weighted by Crippen LogP contribution is 2.42. The van der Waals surface area contributed by atoms with E-state index in [2.05, 4.69) is 44.9 Å². The van der Waals surface area contributed by atoms with Crippen LogP contribution < -0.4 is 15.4 Å². The van der Waals surface area contributed by atoms with Crippen LogP contribution in [0.25, 0.3) is 0 Å². The van der Waals surface area contributed by atoms with Crippen molar-refractivity contribution in [3.05, 3.63) is 50.0 Å². The molecule has 44 heavy (non-hydrogen) atoms. The molecule has 0 heterocycles. The number of primary amides is 1. The molecular weight excluding hydrogens is 632 g/mol. The maximum atomic E-state index is 11.6. The molecule has 13 heteroatoms. The molecule has 0 aliphatic rings. The number of aliphatic hydroxyl groups is 2. The Morgan fingerprint density at radius 1 is 1.16 bits per heavy atom. The fraction of sp³-hybridized carbons (Fsp3) is 0.548. The van der Waals surface area contributed by atoms with Gasteiger partial charge in [0.1, 0.15) is 17.5 Å². The Morgan fingerprint density at radius 3 is 2.32 bits per heavy atom. The number of rotatable bonds is 19. The van der Waals surface area contributed by atoms with Crippen LogP contribution in [0.5, 0.6) is 5.75 Å². The average molecular weight is 676 g/mol. The molecule has 12 nitrogen and oxygen atoms in total. The zero-order chi connectivity index (χ0) is 32.9. The van der Waals surface area contributed by atoms with E-state index in [0.29, 0.717) is 43.8 Å². The number of nitro benzene ring substituents is 1. The Morgan fingerprint density at radius 2 is 1.80 bits per heavy atom. The largest absolute Gasteiger partial charge is 0.495 e. The van der Waals surface area contributed by atoms with Gasteiger partial charge in [-0.1, -0.05) is 20.8 Å². The standard InChI is InChI=1S/C31H43BrN6O6/c1-21(13-29(34)41)18-31(2,3)19-22-15-27(37(9-5-7-11-39)10-6-8-12-40)28(44-4)17-26(22)35-36-30-23(20-33)14-24(38(42)43)16-25(30)32/h14-17,21,39-40H,5-13,18-19H2,1-4H3,(H2,34,41)/b36-35+. The lowest BCUT2D eigenvalue weighted by atomic mass is 9.77. The van der Waals surface area contributed by atoms with Crippen LogP contribution in [-0.2, 0) is 11.2 Å². The number of benzene rings is 2. The van der Waals surface area contributed by atoms with Crippen molar-refractivity contribution in [2.24, 2.45) is 27.3 Å². The Balaban J connectivity index is 2.68. The Labute approximate surface area is 267 Å². The average Bonchev–Trinajstić information content (AvgIpc) is 2.94. The van der Waals surface area contributed by atoms with Crippen LogP contribution in [0.1, 0.15) is 70.4 Å². The predicted molar refractivity (Wildman–Crippen MR) is 173 cm³/mol. The third-order valence-electron chi connectivity index (χ3n) is 7.15. The summed E-state index contributed by atoms with van der Waals surface area (Å²) in [6.45, 7) is 7.73. The highest BCUT2D eigenvalue weighted by Gasteiger charge is 2.26. The smallest absolute Gasteiger partial charge is 0.272 e. The number of nitrogens with two attached hydrogens (primary N) is 1. The van der Waals surface area contributed by atoms with Crippen LogP contribution in [0.4, 0.5) is 22.7 Å². The topological polar surface area (TPSA) is 188 Å². The molecular formula is C31H43BrN6O6. The first-order valence-electron chi connectivity index (χ1n) is 14.6. The molecule has 240 valence electrons. The summed E-state index contributed by atoms with van der Waals surface area (Å²) in [6.07, 6.45) is 4.38. The van der Waals surface area contributed by atoms with E-state index in [9.17, 15) is 30.4 Å². The number of aliphatic hydroxyl groups excluding tert-OH is 2. The van der Waals surface area contributed by atoms with Crippen LogP contribution >= 0.6 is 15.9 Å². The van der Waals surface area contributed by atoms with Crippen molar-refractivity contribution in [2.45, 2.75) is 65.7 Å². The second kappa shape index (κ2) is 17.6. The van der Waals surface area contributed by atoms with E-state index in [0.717, 1.165) is 36.6 Å². The Hall–Kier alpha value is -3.60. The normalized spacial score (nSPS) is 12.2. The number of methoxy groups -OCH3 is 1. The van der Waals surface area contributed by atoms with Gasteiger partial charge in [-0.3, -0.25) is 14.9 Å². The number of nitriles is 1. The van der Waals surface area contributed by atoms with Gasteiger partial charge < -0.3 is 25.6 Å². The summed E-state index contributed by atoms with van der Waals surface area (Å²) < 4.78 is 6.07. The van der Waals surface area contributed by atoms with Gasteiger partial charge >= 0.3 is 0 Å². The number of ether oxygens (including phenoxy) is 1. The van der Waals surface area contributed by atoms with Gasteiger partial charge in [0.25, 0.3) is 5.69 Å². The van der Waals surface area contributed by atoms with Crippen LogP contribution in [0.3, 0.4) is 0 Å². The maximum Gasteiger partial charge on any atom is 0.272 e. The molecule has 2 aromatic rings. The van der Waals surface area contributed by atoms with Gasteiger partial charge in [0.2, 0.25) is 5.91 Å². The number of nitrogens with zero attached hydrogens (tertiary/aromatic N) is 5. The summed E-state index contributed by atoms with van der Waals surface area (Å²) in [7, 11) is 1.56. The van der Waals surface area contributed by atoms with Crippen molar-refractivity contribution in [3.63, 3.8) is 0 Å². The lowest BCUT2D eigenvalue weighted by molar-refractivity contribution is -0.384. The third-order valence-corrected chi connectivity index (χ3v) is 7.75. The third kappa shape index (κ3) is 11.2. The van der Waals surface area contributed by atoms with E-state index < -0.39 is 4.92 Å². The SMILES string of the molecule is COc1cc(/N=N/c2c(Br)cc([N+](=O)[O-])cc2C#N)c(CC(C)(C)CC(C)CC(N)=O)cc1N(CCCCO)CCCCO. The van der Waals surface area contributed by atoms with Crippen LogP contribution in [-0.4, -0.2) is 54.5 Å². The summed E-state index contributed by atoms with van der Waals surface area (Å²) in [6, 6.07) is 8.19. The quantitative estimate of drug-likeness (QED) is 0.0653. The first-order valence-corrected chi connectivity index (χ1v) is 15.4. The van der Waals surface area contributed by atoms with E-state index in [1.54, 1.807) is 13.2 Å². The van der Waals surface area contributed by atoms with Gasteiger partial charge in [-0.15, -0.1) is 5.11 Å². The van der Waals surface area contributed by atoms with Crippen molar-refractivity contribution in [1.29, 1.82) is 5.26 Å². The molecule has 1 amide bonds. The summed E-state index contributed by atoms with van der Waals surface area (Å²) in [5, 5.41) is 48.6. The van der Waals surface area contributed by atoms with Gasteiger partial charge in [-0.2, -0.15) is 10.4 Å². The maximum absolute atomic E-state index is 11.6. The van der Waals surface area contributed by atoms with Crippen LogP contribution in [0.2, 0.25) is 0 Å². The minimum Gasteiger partial charge on any atom is -0.495 e. The molecule has 2 rings (SSSR count). The molecule has 0 radical (unpaired) electrons. The van der Waals surface area contributed by atoms with Crippen LogP contribution in [0.15, 0.2) is 39.0 Å². The fourth-order valence-corrected chi connectivity index (χ4v) is 5.88. The summed E-state index contributed by atoms with van der Waals surface area (Å²) in [4.78, 5) is 24.5. The molecule has 0 fully saturated rings. The molecule has 0 spiro atoms. The Bertz CT molecular complexity index is 1350. The number of hydrogen-bond acceptors (Lipinski definition) is 10. The van der Waals surface area contributed by atoms with Gasteiger partial charge in [0.15, 0.2) is 0 Å². The minimum atomic E-state index is -0.581. The van der Waals surface area contributed by atoms with Crippen molar-refractivity contribution < 1.29 is 24.7 Å². The van der Waals surface area contributed by atoms with E-state index in [4.69, 9.17) is 10.5 Å². The second-order valence-electron chi connectivity index (χ2n) is 11.7. The van der Waals surface area contributed by atoms with E-state index >= 15 is 0 Å². The van der Waals surface area contributed by atoms with Gasteiger partial charge in [0, 0.05) is 50.9 Å². The monoisotopic (exact) mass is 674 g/mol. The first kappa shape index (κ1) is 36.6. The summed E-state index contributed by atoms with van der Waals surface area (Å²) in [5.74, 6) is 0.268. The second-order valence-corrected chi connectivity index (χ2v) is 12.6. The number of amides is 1. The lowest BCUT2D eigenvalue weighted by Crippen LogP contribution is -2.27. The van der Waals surface area contributed by atoms with Crippen LogP contribution in [0, 0.1) is 32.8 Å². The highest BCUT2D eigenvalue weighted by atomic mass is 79.9. The van der Waals surface area contributed by atoms with E-state index in [1.165, 1.54) is 6.07 Å². The zero-order valence-corrected chi connectivity index (χ0v) is 27.5. The molecule has 0 aliphatic carbocycles. The first-order chi connectivity index (χ1) is 20.8. The molecule has 1 atom stereocenters. The number of carbonyl (C=O) groups excluding carboxylic acids is 1. The minimum absolute atomic E-state index is 0.000455. The lowest BCUT2D eigenvalue weighted by Gasteiger charge is -2.31. The zero-order valence-electron chi connectivity index (χ0n) is 25.9. The van der Waals surface area contributed by atoms with E-state index in [-0.39, 0.29) is 58.3 Å². The molecule has 4 N–H and O–H groups in total. The van der Waals surface area contributed by atoms with Crippen molar-refractivity contribution >= 4 is 44.6 Å². The fourth-order valence-electron chi connectivity index (χ4n) is 5.36.